The molecule has 1 aliphatic heterocycles. The SMILES string of the molecule is C=C1c2ccccc2C(=O)N1[C@@H](C)C(=O)Nc1ccc(Oc2cnccn2)cc1. The average molecular weight is 386 g/mol. The van der Waals surface area contributed by atoms with Crippen LogP contribution < -0.4 is 10.1 Å². The standard InChI is InChI=1S/C22H18N4O3/c1-14-18-5-3-4-6-19(18)22(28)26(14)15(2)21(27)25-16-7-9-17(10-8-16)29-20-13-23-11-12-24-20/h3-13,15H,1H2,2H3,(H,25,27)/t15-/m0/s1. The molecule has 2 amide bonds. The number of rotatable bonds is 5. The van der Waals surface area contributed by atoms with Crippen LogP contribution in [0.1, 0.15) is 22.8 Å². The lowest BCUT2D eigenvalue weighted by Crippen LogP contribution is -2.41. The van der Waals surface area contributed by atoms with Crippen molar-refractivity contribution in [2.45, 2.75) is 13.0 Å². The van der Waals surface area contributed by atoms with E-state index >= 15 is 0 Å². The van der Waals surface area contributed by atoms with Gasteiger partial charge in [-0.1, -0.05) is 24.8 Å². The number of ether oxygens (including phenoxy) is 1. The van der Waals surface area contributed by atoms with Gasteiger partial charge in [0.25, 0.3) is 5.91 Å². The molecule has 0 aliphatic carbocycles. The van der Waals surface area contributed by atoms with Crippen molar-refractivity contribution in [1.82, 2.24) is 14.9 Å². The van der Waals surface area contributed by atoms with Crippen molar-refractivity contribution in [2.24, 2.45) is 0 Å². The average Bonchev–Trinajstić information content (AvgIpc) is 3.00. The summed E-state index contributed by atoms with van der Waals surface area (Å²) in [6.45, 7) is 5.66. The van der Waals surface area contributed by atoms with Crippen molar-refractivity contribution in [3.8, 4) is 11.6 Å². The van der Waals surface area contributed by atoms with Crippen molar-refractivity contribution < 1.29 is 14.3 Å². The second-order valence-corrected chi connectivity index (χ2v) is 6.50. The number of carbonyl (C=O) groups is 2. The summed E-state index contributed by atoms with van der Waals surface area (Å²) in [6.07, 6.45) is 4.61. The number of anilines is 1. The molecule has 1 aliphatic rings. The summed E-state index contributed by atoms with van der Waals surface area (Å²) in [4.78, 5) is 34.8. The van der Waals surface area contributed by atoms with E-state index in [2.05, 4.69) is 21.9 Å². The molecular weight excluding hydrogens is 368 g/mol. The van der Waals surface area contributed by atoms with Gasteiger partial charge in [0, 0.05) is 34.9 Å². The summed E-state index contributed by atoms with van der Waals surface area (Å²) in [7, 11) is 0. The Morgan fingerprint density at radius 2 is 1.83 bits per heavy atom. The molecular formula is C22H18N4O3. The van der Waals surface area contributed by atoms with Gasteiger partial charge in [0.05, 0.1) is 6.20 Å². The molecule has 1 aromatic heterocycles. The smallest absolute Gasteiger partial charge is 0.259 e. The van der Waals surface area contributed by atoms with Crippen LogP contribution in [0.4, 0.5) is 5.69 Å². The molecule has 0 saturated heterocycles. The van der Waals surface area contributed by atoms with E-state index in [1.807, 2.05) is 12.1 Å². The molecule has 1 N–H and O–H groups in total. The van der Waals surface area contributed by atoms with Gasteiger partial charge >= 0.3 is 0 Å². The zero-order valence-corrected chi connectivity index (χ0v) is 15.7. The highest BCUT2D eigenvalue weighted by Gasteiger charge is 2.36. The van der Waals surface area contributed by atoms with Crippen LogP contribution in [-0.2, 0) is 4.79 Å². The number of nitrogens with zero attached hydrogens (tertiary/aromatic N) is 3. The highest BCUT2D eigenvalue weighted by atomic mass is 16.5. The number of aromatic nitrogens is 2. The molecule has 7 heteroatoms. The van der Waals surface area contributed by atoms with Crippen LogP contribution in [0.25, 0.3) is 5.70 Å². The summed E-state index contributed by atoms with van der Waals surface area (Å²) in [5.74, 6) is 0.412. The Morgan fingerprint density at radius 1 is 1.10 bits per heavy atom. The minimum atomic E-state index is -0.710. The second kappa shape index (κ2) is 7.55. The van der Waals surface area contributed by atoms with E-state index in [9.17, 15) is 9.59 Å². The van der Waals surface area contributed by atoms with Crippen LogP contribution in [-0.4, -0.2) is 32.7 Å². The van der Waals surface area contributed by atoms with Crippen LogP contribution in [0.3, 0.4) is 0 Å². The van der Waals surface area contributed by atoms with Crippen LogP contribution in [0.5, 0.6) is 11.6 Å². The van der Waals surface area contributed by atoms with Crippen LogP contribution in [0, 0.1) is 0 Å². The van der Waals surface area contributed by atoms with E-state index in [-0.39, 0.29) is 11.8 Å². The molecule has 1 atom stereocenters. The van der Waals surface area contributed by atoms with Gasteiger partial charge in [-0.3, -0.25) is 19.5 Å². The third-order valence-electron chi connectivity index (χ3n) is 4.63. The van der Waals surface area contributed by atoms with Gasteiger partial charge in [-0.05, 0) is 37.3 Å². The molecule has 144 valence electrons. The highest BCUT2D eigenvalue weighted by Crippen LogP contribution is 2.33. The Balaban J connectivity index is 1.43. The van der Waals surface area contributed by atoms with Crippen LogP contribution in [0.15, 0.2) is 73.7 Å². The zero-order chi connectivity index (χ0) is 20.4. The predicted octanol–water partition coefficient (Wildman–Crippen LogP) is 3.72. The number of nitrogens with one attached hydrogen (secondary N) is 1. The van der Waals surface area contributed by atoms with Gasteiger partial charge in [-0.25, -0.2) is 4.98 Å². The van der Waals surface area contributed by atoms with Crippen molar-refractivity contribution in [3.63, 3.8) is 0 Å². The van der Waals surface area contributed by atoms with E-state index in [1.54, 1.807) is 49.5 Å². The fraction of sp³-hybridized carbons (Fsp3) is 0.0909. The Kier molecular flexibility index (Phi) is 4.78. The Labute approximate surface area is 167 Å². The Morgan fingerprint density at radius 3 is 2.48 bits per heavy atom. The largest absolute Gasteiger partial charge is 0.438 e. The summed E-state index contributed by atoms with van der Waals surface area (Å²) >= 11 is 0. The van der Waals surface area contributed by atoms with E-state index < -0.39 is 6.04 Å². The minimum Gasteiger partial charge on any atom is -0.438 e. The quantitative estimate of drug-likeness (QED) is 0.722. The van der Waals surface area contributed by atoms with Gasteiger partial charge < -0.3 is 10.1 Å². The van der Waals surface area contributed by atoms with Crippen molar-refractivity contribution in [1.29, 1.82) is 0 Å². The van der Waals surface area contributed by atoms with Gasteiger partial charge in [-0.15, -0.1) is 0 Å². The van der Waals surface area contributed by atoms with Crippen molar-refractivity contribution >= 4 is 23.2 Å². The third kappa shape index (κ3) is 3.58. The number of carbonyl (C=O) groups excluding carboxylic acids is 2. The molecule has 2 aromatic carbocycles. The fourth-order valence-corrected chi connectivity index (χ4v) is 3.14. The third-order valence-corrected chi connectivity index (χ3v) is 4.63. The molecule has 0 fully saturated rings. The van der Waals surface area contributed by atoms with E-state index in [0.717, 1.165) is 5.56 Å². The monoisotopic (exact) mass is 386 g/mol. The maximum Gasteiger partial charge on any atom is 0.259 e. The minimum absolute atomic E-state index is 0.221. The molecule has 0 radical (unpaired) electrons. The first-order valence-electron chi connectivity index (χ1n) is 9.01. The number of hydrogen-bond acceptors (Lipinski definition) is 5. The fourth-order valence-electron chi connectivity index (χ4n) is 3.14. The molecule has 29 heavy (non-hydrogen) atoms. The first-order valence-corrected chi connectivity index (χ1v) is 9.01. The van der Waals surface area contributed by atoms with E-state index in [1.165, 1.54) is 17.3 Å². The van der Waals surface area contributed by atoms with E-state index in [0.29, 0.717) is 28.6 Å². The van der Waals surface area contributed by atoms with Gasteiger partial charge in [0.1, 0.15) is 11.8 Å². The number of amides is 2. The number of fused-ring (bicyclic) bond motifs is 1. The van der Waals surface area contributed by atoms with Crippen molar-refractivity contribution in [3.05, 3.63) is 84.8 Å². The topological polar surface area (TPSA) is 84.4 Å². The molecule has 3 aromatic rings. The first kappa shape index (κ1) is 18.4. The van der Waals surface area contributed by atoms with Gasteiger partial charge in [0.15, 0.2) is 0 Å². The van der Waals surface area contributed by atoms with Gasteiger partial charge in [0.2, 0.25) is 11.8 Å². The molecule has 0 spiro atoms. The lowest BCUT2D eigenvalue weighted by atomic mass is 10.1. The van der Waals surface area contributed by atoms with Crippen molar-refractivity contribution in [2.75, 3.05) is 5.32 Å². The number of benzene rings is 2. The Bertz CT molecular complexity index is 1050. The predicted molar refractivity (Wildman–Crippen MR) is 108 cm³/mol. The van der Waals surface area contributed by atoms with Crippen LogP contribution in [0.2, 0.25) is 0 Å². The first-order chi connectivity index (χ1) is 14.0. The lowest BCUT2D eigenvalue weighted by Gasteiger charge is -2.24. The maximum atomic E-state index is 12.7. The molecule has 4 rings (SSSR count). The molecule has 0 saturated carbocycles. The van der Waals surface area contributed by atoms with Crippen LogP contribution >= 0.6 is 0 Å². The summed E-state index contributed by atoms with van der Waals surface area (Å²) in [5.41, 5.74) is 2.43. The van der Waals surface area contributed by atoms with E-state index in [4.69, 9.17) is 4.74 Å². The Hall–Kier alpha value is -4.00. The van der Waals surface area contributed by atoms with Gasteiger partial charge in [-0.2, -0.15) is 0 Å². The molecule has 7 nitrogen and oxygen atoms in total. The normalized spacial score (nSPS) is 13.8. The molecule has 0 bridgehead atoms. The lowest BCUT2D eigenvalue weighted by molar-refractivity contribution is -0.119. The molecule has 2 heterocycles. The summed E-state index contributed by atoms with van der Waals surface area (Å²) in [6, 6.07) is 13.4. The second-order valence-electron chi connectivity index (χ2n) is 6.50. The molecule has 0 unspecified atom stereocenters. The zero-order valence-electron chi connectivity index (χ0n) is 15.7. The number of hydrogen-bond donors (Lipinski definition) is 1. The highest BCUT2D eigenvalue weighted by molar-refractivity contribution is 6.11. The summed E-state index contributed by atoms with van der Waals surface area (Å²) < 4.78 is 5.58. The summed E-state index contributed by atoms with van der Waals surface area (Å²) in [5, 5.41) is 2.82. The maximum absolute atomic E-state index is 12.7.